The minimum Gasteiger partial charge on any atom is -0.452 e. The third-order valence-corrected chi connectivity index (χ3v) is 3.95. The van der Waals surface area contributed by atoms with Crippen LogP contribution < -0.4 is 5.32 Å². The van der Waals surface area contributed by atoms with Gasteiger partial charge in [-0.25, -0.2) is 13.6 Å². The quantitative estimate of drug-likeness (QED) is 0.788. The number of nitrogens with one attached hydrogen (secondary N) is 1. The number of ether oxygens (including phenoxy) is 1. The minimum absolute atomic E-state index is 0.148. The van der Waals surface area contributed by atoms with E-state index in [0.717, 1.165) is 17.7 Å². The van der Waals surface area contributed by atoms with Crippen LogP contribution >= 0.6 is 0 Å². The van der Waals surface area contributed by atoms with E-state index in [1.165, 1.54) is 6.07 Å². The van der Waals surface area contributed by atoms with Crippen molar-refractivity contribution in [3.8, 4) is 0 Å². The number of halogens is 2. The van der Waals surface area contributed by atoms with E-state index in [4.69, 9.17) is 4.74 Å². The van der Waals surface area contributed by atoms with Gasteiger partial charge >= 0.3 is 5.97 Å². The van der Waals surface area contributed by atoms with Gasteiger partial charge in [0, 0.05) is 11.6 Å². The summed E-state index contributed by atoms with van der Waals surface area (Å²) in [6, 6.07) is 9.39. The van der Waals surface area contributed by atoms with Crippen LogP contribution in [0, 0.1) is 11.6 Å². The second-order valence-electron chi connectivity index (χ2n) is 6.31. The first-order chi connectivity index (χ1) is 12.3. The molecule has 0 aliphatic heterocycles. The number of esters is 1. The van der Waals surface area contributed by atoms with E-state index in [9.17, 15) is 18.4 Å². The van der Waals surface area contributed by atoms with Crippen molar-refractivity contribution in [3.05, 3.63) is 70.8 Å². The monoisotopic (exact) mass is 361 g/mol. The Balaban J connectivity index is 1.88. The second kappa shape index (κ2) is 8.56. The topological polar surface area (TPSA) is 55.4 Å². The molecule has 26 heavy (non-hydrogen) atoms. The normalized spacial score (nSPS) is 11.9. The lowest BCUT2D eigenvalue weighted by atomic mass is 10.0. The van der Waals surface area contributed by atoms with Gasteiger partial charge in [-0.2, -0.15) is 0 Å². The minimum atomic E-state index is -0.750. The van der Waals surface area contributed by atoms with Crippen LogP contribution in [0.25, 0.3) is 0 Å². The Labute approximate surface area is 151 Å². The van der Waals surface area contributed by atoms with E-state index in [0.29, 0.717) is 11.5 Å². The fourth-order valence-corrected chi connectivity index (χ4v) is 2.43. The van der Waals surface area contributed by atoms with E-state index >= 15 is 0 Å². The molecule has 1 N–H and O–H groups in total. The molecular formula is C20H21F2NO3. The zero-order valence-electron chi connectivity index (χ0n) is 14.9. The van der Waals surface area contributed by atoms with Gasteiger partial charge < -0.3 is 10.1 Å². The van der Waals surface area contributed by atoms with Crippen LogP contribution in [-0.4, -0.2) is 18.5 Å². The molecule has 2 aromatic rings. The lowest BCUT2D eigenvalue weighted by Gasteiger charge is -2.15. The summed E-state index contributed by atoms with van der Waals surface area (Å²) >= 11 is 0. The first kappa shape index (κ1) is 19.6. The number of rotatable bonds is 6. The lowest BCUT2D eigenvalue weighted by Crippen LogP contribution is -2.31. The van der Waals surface area contributed by atoms with Crippen molar-refractivity contribution in [1.29, 1.82) is 0 Å². The molecule has 0 heterocycles. The zero-order chi connectivity index (χ0) is 19.3. The molecule has 1 amide bonds. The highest BCUT2D eigenvalue weighted by molar-refractivity contribution is 5.91. The molecule has 0 radical (unpaired) electrons. The van der Waals surface area contributed by atoms with Crippen molar-refractivity contribution in [3.63, 3.8) is 0 Å². The van der Waals surface area contributed by atoms with E-state index in [1.807, 2.05) is 26.0 Å². The summed E-state index contributed by atoms with van der Waals surface area (Å²) in [6.45, 7) is 5.16. The molecule has 2 aromatic carbocycles. The van der Waals surface area contributed by atoms with Crippen LogP contribution in [0.15, 0.2) is 42.5 Å². The van der Waals surface area contributed by atoms with Crippen LogP contribution in [0.4, 0.5) is 8.78 Å². The molecular weight excluding hydrogens is 340 g/mol. The van der Waals surface area contributed by atoms with Crippen LogP contribution in [0.1, 0.15) is 54.2 Å². The van der Waals surface area contributed by atoms with Crippen LogP contribution in [0.5, 0.6) is 0 Å². The van der Waals surface area contributed by atoms with Crippen molar-refractivity contribution in [2.24, 2.45) is 0 Å². The highest BCUT2D eigenvalue weighted by Crippen LogP contribution is 2.18. The summed E-state index contributed by atoms with van der Waals surface area (Å²) in [6.07, 6.45) is 0. The zero-order valence-corrected chi connectivity index (χ0v) is 14.9. The smallest absolute Gasteiger partial charge is 0.338 e. The predicted octanol–water partition coefficient (Wildman–Crippen LogP) is 4.12. The first-order valence-corrected chi connectivity index (χ1v) is 8.29. The van der Waals surface area contributed by atoms with Gasteiger partial charge in [0.05, 0.1) is 11.6 Å². The number of hydrogen-bond donors (Lipinski definition) is 1. The third kappa shape index (κ3) is 5.12. The summed E-state index contributed by atoms with van der Waals surface area (Å²) in [5.74, 6) is -2.29. The van der Waals surface area contributed by atoms with E-state index in [-0.39, 0.29) is 5.56 Å². The maximum Gasteiger partial charge on any atom is 0.338 e. The highest BCUT2D eigenvalue weighted by atomic mass is 19.1. The molecule has 0 aliphatic rings. The van der Waals surface area contributed by atoms with Gasteiger partial charge in [0.2, 0.25) is 0 Å². The largest absolute Gasteiger partial charge is 0.452 e. The number of carbonyl (C=O) groups excluding carboxylic acids is 2. The Morgan fingerprint density at radius 3 is 2.27 bits per heavy atom. The predicted molar refractivity (Wildman–Crippen MR) is 93.7 cm³/mol. The molecule has 0 bridgehead atoms. The van der Waals surface area contributed by atoms with Gasteiger partial charge in [-0.05, 0) is 36.6 Å². The van der Waals surface area contributed by atoms with Gasteiger partial charge in [0.15, 0.2) is 6.61 Å². The molecule has 0 saturated heterocycles. The Kier molecular flexibility index (Phi) is 6.44. The number of hydrogen-bond acceptors (Lipinski definition) is 3. The maximum absolute atomic E-state index is 13.7. The van der Waals surface area contributed by atoms with Crippen LogP contribution in [0.2, 0.25) is 0 Å². The van der Waals surface area contributed by atoms with Gasteiger partial charge in [0.25, 0.3) is 5.91 Å². The molecule has 0 aromatic heterocycles. The number of carbonyl (C=O) groups is 2. The molecule has 1 unspecified atom stereocenters. The Hall–Kier alpha value is -2.76. The van der Waals surface area contributed by atoms with Crippen molar-refractivity contribution >= 4 is 11.9 Å². The van der Waals surface area contributed by atoms with Crippen molar-refractivity contribution < 1.29 is 23.1 Å². The van der Waals surface area contributed by atoms with Gasteiger partial charge in [-0.1, -0.05) is 32.0 Å². The fourth-order valence-electron chi connectivity index (χ4n) is 2.43. The SMILES string of the molecule is CC(C)c1ccc(C(=O)OCC(=O)NC(C)c2ccc(F)cc2F)cc1. The maximum atomic E-state index is 13.7. The molecule has 0 fully saturated rings. The van der Waals surface area contributed by atoms with Gasteiger partial charge in [-0.15, -0.1) is 0 Å². The molecule has 0 saturated carbocycles. The standard InChI is InChI=1S/C20H21F2NO3/c1-12(2)14-4-6-15(7-5-14)20(25)26-11-19(24)23-13(3)17-9-8-16(21)10-18(17)22/h4-10,12-13H,11H2,1-3H3,(H,23,24). The molecule has 0 spiro atoms. The molecule has 6 heteroatoms. The highest BCUT2D eigenvalue weighted by Gasteiger charge is 2.16. The fraction of sp³-hybridized carbons (Fsp3) is 0.300. The summed E-state index contributed by atoms with van der Waals surface area (Å²) in [5.41, 5.74) is 1.59. The molecule has 2 rings (SSSR count). The number of benzene rings is 2. The molecule has 1 atom stereocenters. The van der Waals surface area contributed by atoms with Crippen LogP contribution in [-0.2, 0) is 9.53 Å². The Morgan fingerprint density at radius 2 is 1.69 bits per heavy atom. The average molecular weight is 361 g/mol. The number of amides is 1. The van der Waals surface area contributed by atoms with E-state index in [1.54, 1.807) is 19.1 Å². The van der Waals surface area contributed by atoms with Crippen molar-refractivity contribution in [1.82, 2.24) is 5.32 Å². The molecule has 0 aliphatic carbocycles. The van der Waals surface area contributed by atoms with E-state index in [2.05, 4.69) is 5.32 Å². The summed E-state index contributed by atoms with van der Waals surface area (Å²) in [4.78, 5) is 23.9. The van der Waals surface area contributed by atoms with Gasteiger partial charge in [0.1, 0.15) is 11.6 Å². The molecule has 138 valence electrons. The van der Waals surface area contributed by atoms with Crippen LogP contribution in [0.3, 0.4) is 0 Å². The lowest BCUT2D eigenvalue weighted by molar-refractivity contribution is -0.124. The average Bonchev–Trinajstić information content (AvgIpc) is 2.59. The summed E-state index contributed by atoms with van der Waals surface area (Å²) in [5, 5.41) is 2.51. The molecule has 4 nitrogen and oxygen atoms in total. The van der Waals surface area contributed by atoms with E-state index < -0.39 is 36.2 Å². The Bertz CT molecular complexity index is 788. The van der Waals surface area contributed by atoms with Crippen molar-refractivity contribution in [2.45, 2.75) is 32.7 Å². The summed E-state index contributed by atoms with van der Waals surface area (Å²) < 4.78 is 31.6. The van der Waals surface area contributed by atoms with Crippen molar-refractivity contribution in [2.75, 3.05) is 6.61 Å². The Morgan fingerprint density at radius 1 is 1.04 bits per heavy atom. The summed E-state index contributed by atoms with van der Waals surface area (Å²) in [7, 11) is 0. The van der Waals surface area contributed by atoms with Gasteiger partial charge in [-0.3, -0.25) is 4.79 Å². The second-order valence-corrected chi connectivity index (χ2v) is 6.31. The third-order valence-electron chi connectivity index (χ3n) is 3.95. The first-order valence-electron chi connectivity index (χ1n) is 8.29.